The number of nitrogens with two attached hydrogens (primary N) is 1. The third-order valence-corrected chi connectivity index (χ3v) is 3.98. The Labute approximate surface area is 129 Å². The van der Waals surface area contributed by atoms with Gasteiger partial charge in [-0.15, -0.1) is 0 Å². The van der Waals surface area contributed by atoms with Gasteiger partial charge >= 0.3 is 0 Å². The summed E-state index contributed by atoms with van der Waals surface area (Å²) in [6.45, 7) is 4.50. The molecule has 1 aliphatic rings. The summed E-state index contributed by atoms with van der Waals surface area (Å²) in [5, 5.41) is 0.694. The summed E-state index contributed by atoms with van der Waals surface area (Å²) in [6.07, 6.45) is 0. The average Bonchev–Trinajstić information content (AvgIpc) is 2.61. The summed E-state index contributed by atoms with van der Waals surface area (Å²) < 4.78 is 0. The Kier molecular flexibility index (Phi) is 5.20. The van der Waals surface area contributed by atoms with Crippen LogP contribution in [0.4, 0.5) is 0 Å². The second kappa shape index (κ2) is 6.91. The van der Waals surface area contributed by atoms with Crippen LogP contribution in [0.2, 0.25) is 5.02 Å². The molecule has 1 aromatic rings. The first kappa shape index (κ1) is 15.8. The van der Waals surface area contributed by atoms with E-state index in [2.05, 4.69) is 4.90 Å². The van der Waals surface area contributed by atoms with E-state index in [0.29, 0.717) is 31.2 Å². The highest BCUT2D eigenvalue weighted by molar-refractivity contribution is 6.30. The maximum atomic E-state index is 11.6. The quantitative estimate of drug-likeness (QED) is 0.909. The topological polar surface area (TPSA) is 66.6 Å². The van der Waals surface area contributed by atoms with Crippen molar-refractivity contribution in [2.45, 2.75) is 13.5 Å². The third kappa shape index (κ3) is 4.44. The summed E-state index contributed by atoms with van der Waals surface area (Å²) >= 11 is 5.99. The van der Waals surface area contributed by atoms with Crippen molar-refractivity contribution in [3.8, 4) is 0 Å². The van der Waals surface area contributed by atoms with E-state index in [1.165, 1.54) is 6.92 Å². The molecule has 0 bridgehead atoms. The van der Waals surface area contributed by atoms with E-state index >= 15 is 0 Å². The Morgan fingerprint density at radius 3 is 2.71 bits per heavy atom. The molecule has 1 heterocycles. The van der Waals surface area contributed by atoms with Crippen LogP contribution >= 0.6 is 11.6 Å². The molecule has 0 spiro atoms. The van der Waals surface area contributed by atoms with Gasteiger partial charge in [-0.25, -0.2) is 0 Å². The standard InChI is InChI=1S/C15H20ClN3O2/c1-11(20)19-6-5-18(9-13(10-19)15(17)21)8-12-3-2-4-14(16)7-12/h2-4,7,13H,5-6,8-10H2,1H3,(H2,17,21)/t13-/m1/s1. The lowest BCUT2D eigenvalue weighted by atomic mass is 10.1. The number of benzene rings is 1. The van der Waals surface area contributed by atoms with Gasteiger partial charge < -0.3 is 10.6 Å². The monoisotopic (exact) mass is 309 g/mol. The second-order valence-electron chi connectivity index (χ2n) is 5.43. The fraction of sp³-hybridized carbons (Fsp3) is 0.467. The van der Waals surface area contributed by atoms with Crippen LogP contribution in [0.5, 0.6) is 0 Å². The third-order valence-electron chi connectivity index (χ3n) is 3.75. The molecule has 2 N–H and O–H groups in total. The summed E-state index contributed by atoms with van der Waals surface area (Å²) in [7, 11) is 0. The molecular weight excluding hydrogens is 290 g/mol. The molecule has 0 radical (unpaired) electrons. The van der Waals surface area contributed by atoms with Gasteiger partial charge in [0.25, 0.3) is 0 Å². The van der Waals surface area contributed by atoms with Gasteiger partial charge in [0, 0.05) is 44.7 Å². The van der Waals surface area contributed by atoms with Crippen molar-refractivity contribution in [1.82, 2.24) is 9.80 Å². The number of nitrogens with zero attached hydrogens (tertiary/aromatic N) is 2. The highest BCUT2D eigenvalue weighted by Crippen LogP contribution is 2.16. The molecule has 0 aliphatic carbocycles. The maximum absolute atomic E-state index is 11.6. The largest absolute Gasteiger partial charge is 0.369 e. The van der Waals surface area contributed by atoms with Crippen molar-refractivity contribution in [3.05, 3.63) is 34.9 Å². The number of primary amides is 1. The van der Waals surface area contributed by atoms with E-state index < -0.39 is 0 Å². The molecule has 2 amide bonds. The fourth-order valence-electron chi connectivity index (χ4n) is 2.58. The maximum Gasteiger partial charge on any atom is 0.223 e. The molecular formula is C15H20ClN3O2. The minimum atomic E-state index is -0.362. The summed E-state index contributed by atoms with van der Waals surface area (Å²) in [6, 6.07) is 7.65. The number of hydrogen-bond acceptors (Lipinski definition) is 3. The summed E-state index contributed by atoms with van der Waals surface area (Å²) in [5.74, 6) is -0.722. The molecule has 1 fully saturated rings. The highest BCUT2D eigenvalue weighted by Gasteiger charge is 2.27. The molecule has 2 rings (SSSR count). The van der Waals surface area contributed by atoms with Crippen molar-refractivity contribution in [2.24, 2.45) is 11.7 Å². The fourth-order valence-corrected chi connectivity index (χ4v) is 2.80. The molecule has 1 aromatic carbocycles. The molecule has 114 valence electrons. The van der Waals surface area contributed by atoms with Crippen LogP contribution in [-0.2, 0) is 16.1 Å². The van der Waals surface area contributed by atoms with Gasteiger partial charge in [0.2, 0.25) is 11.8 Å². The van der Waals surface area contributed by atoms with E-state index in [0.717, 1.165) is 12.1 Å². The summed E-state index contributed by atoms with van der Waals surface area (Å²) in [4.78, 5) is 27.0. The molecule has 1 atom stereocenters. The molecule has 0 aromatic heterocycles. The Morgan fingerprint density at radius 1 is 1.33 bits per heavy atom. The van der Waals surface area contributed by atoms with Gasteiger partial charge in [0.05, 0.1) is 5.92 Å². The van der Waals surface area contributed by atoms with Crippen LogP contribution in [0.3, 0.4) is 0 Å². The SMILES string of the molecule is CC(=O)N1CCN(Cc2cccc(Cl)c2)C[C@@H](C(N)=O)C1. The van der Waals surface area contributed by atoms with Crippen molar-refractivity contribution < 1.29 is 9.59 Å². The van der Waals surface area contributed by atoms with E-state index in [-0.39, 0.29) is 17.7 Å². The first-order valence-electron chi connectivity index (χ1n) is 6.97. The van der Waals surface area contributed by atoms with Crippen molar-refractivity contribution in [1.29, 1.82) is 0 Å². The van der Waals surface area contributed by atoms with Gasteiger partial charge in [-0.05, 0) is 17.7 Å². The van der Waals surface area contributed by atoms with Gasteiger partial charge in [0.1, 0.15) is 0 Å². The van der Waals surface area contributed by atoms with Gasteiger partial charge in [-0.1, -0.05) is 23.7 Å². The Morgan fingerprint density at radius 2 is 2.10 bits per heavy atom. The average molecular weight is 310 g/mol. The van der Waals surface area contributed by atoms with Crippen molar-refractivity contribution in [3.63, 3.8) is 0 Å². The smallest absolute Gasteiger partial charge is 0.223 e. The normalized spacial score (nSPS) is 20.1. The molecule has 21 heavy (non-hydrogen) atoms. The van der Waals surface area contributed by atoms with E-state index in [4.69, 9.17) is 17.3 Å². The van der Waals surface area contributed by atoms with Gasteiger partial charge in [-0.3, -0.25) is 14.5 Å². The molecule has 1 saturated heterocycles. The predicted molar refractivity (Wildman–Crippen MR) is 81.7 cm³/mol. The lowest BCUT2D eigenvalue weighted by molar-refractivity contribution is -0.130. The van der Waals surface area contributed by atoms with Crippen LogP contribution in [0, 0.1) is 5.92 Å². The van der Waals surface area contributed by atoms with Crippen LogP contribution in [-0.4, -0.2) is 47.8 Å². The Balaban J connectivity index is 2.09. The molecule has 6 heteroatoms. The minimum Gasteiger partial charge on any atom is -0.369 e. The molecule has 1 aliphatic heterocycles. The van der Waals surface area contributed by atoms with E-state index in [9.17, 15) is 9.59 Å². The number of hydrogen-bond donors (Lipinski definition) is 1. The predicted octanol–water partition coefficient (Wildman–Crippen LogP) is 1.11. The Bertz CT molecular complexity index is 535. The van der Waals surface area contributed by atoms with E-state index in [1.54, 1.807) is 4.90 Å². The molecule has 0 unspecified atom stereocenters. The zero-order chi connectivity index (χ0) is 15.4. The van der Waals surface area contributed by atoms with Crippen molar-refractivity contribution in [2.75, 3.05) is 26.2 Å². The van der Waals surface area contributed by atoms with Crippen LogP contribution in [0.25, 0.3) is 0 Å². The second-order valence-corrected chi connectivity index (χ2v) is 5.87. The number of halogens is 1. The number of amides is 2. The lowest BCUT2D eigenvalue weighted by Crippen LogP contribution is -2.39. The number of rotatable bonds is 3. The minimum absolute atomic E-state index is 0.0224. The molecule has 5 nitrogen and oxygen atoms in total. The zero-order valence-electron chi connectivity index (χ0n) is 12.1. The van der Waals surface area contributed by atoms with Crippen LogP contribution < -0.4 is 5.73 Å². The van der Waals surface area contributed by atoms with Crippen LogP contribution in [0.1, 0.15) is 12.5 Å². The summed E-state index contributed by atoms with van der Waals surface area (Å²) in [5.41, 5.74) is 6.54. The number of carbonyl (C=O) groups excluding carboxylic acids is 2. The molecule has 0 saturated carbocycles. The number of carbonyl (C=O) groups is 2. The first-order valence-corrected chi connectivity index (χ1v) is 7.35. The van der Waals surface area contributed by atoms with Gasteiger partial charge in [0.15, 0.2) is 0 Å². The van der Waals surface area contributed by atoms with Crippen molar-refractivity contribution >= 4 is 23.4 Å². The van der Waals surface area contributed by atoms with Gasteiger partial charge in [-0.2, -0.15) is 0 Å². The van der Waals surface area contributed by atoms with E-state index in [1.807, 2.05) is 24.3 Å². The zero-order valence-corrected chi connectivity index (χ0v) is 12.8. The van der Waals surface area contributed by atoms with Crippen LogP contribution in [0.15, 0.2) is 24.3 Å². The highest BCUT2D eigenvalue weighted by atomic mass is 35.5. The first-order chi connectivity index (χ1) is 9.95. The lowest BCUT2D eigenvalue weighted by Gasteiger charge is -2.22. The Hall–Kier alpha value is -1.59.